The van der Waals surface area contributed by atoms with Crippen molar-refractivity contribution in [3.8, 4) is 16.9 Å². The number of nitrogens with zero attached hydrogens (tertiary/aromatic N) is 5. The van der Waals surface area contributed by atoms with Crippen LogP contribution in [0.25, 0.3) is 22.2 Å². The van der Waals surface area contributed by atoms with Crippen molar-refractivity contribution in [2.24, 2.45) is 5.73 Å². The molecule has 0 saturated carbocycles. The molecule has 0 aliphatic carbocycles. The number of carbonyl (C=O) groups is 1. The lowest BCUT2D eigenvalue weighted by Crippen LogP contribution is -2.39. The number of benzene rings is 2. The van der Waals surface area contributed by atoms with E-state index < -0.39 is 6.03 Å². The Kier molecular flexibility index (Phi) is 10.5. The van der Waals surface area contributed by atoms with E-state index in [0.29, 0.717) is 35.7 Å². The minimum Gasteiger partial charge on any atom is -0.497 e. The molecule has 0 radical (unpaired) electrons. The number of hydrogen-bond donors (Lipinski definition) is 1. The Hall–Kier alpha value is -5.18. The van der Waals surface area contributed by atoms with Gasteiger partial charge in [-0.3, -0.25) is 19.2 Å². The molecule has 0 atom stereocenters. The number of hydrogen-bond acceptors (Lipinski definition) is 6. The average molecular weight is 647 g/mol. The third kappa shape index (κ3) is 6.63. The topological polar surface area (TPSA) is 107 Å². The van der Waals surface area contributed by atoms with Crippen LogP contribution in [0.2, 0.25) is 0 Å². The molecule has 0 bridgehead atoms. The van der Waals surface area contributed by atoms with Gasteiger partial charge in [0.15, 0.2) is 0 Å². The van der Waals surface area contributed by atoms with Gasteiger partial charge in [-0.05, 0) is 71.3 Å². The lowest BCUT2D eigenvalue weighted by molar-refractivity contribution is 0.256. The molecule has 9 nitrogen and oxygen atoms in total. The SMILES string of the molecule is CCCCn1c(=O)c(N(C(N)=O)c2c(C(C)C)ccc(N(C)Cc3cccnc3)c2C(C)C)c(-c2cccc(OC)c2)c2cccnc21. The highest BCUT2D eigenvalue weighted by Crippen LogP contribution is 2.46. The third-order valence-electron chi connectivity index (χ3n) is 8.74. The minimum absolute atomic E-state index is 0.0155. The summed E-state index contributed by atoms with van der Waals surface area (Å²) in [4.78, 5) is 41.7. The number of aromatic nitrogens is 3. The summed E-state index contributed by atoms with van der Waals surface area (Å²) >= 11 is 0. The van der Waals surface area contributed by atoms with Gasteiger partial charge in [-0.1, -0.05) is 65.3 Å². The summed E-state index contributed by atoms with van der Waals surface area (Å²) < 4.78 is 7.30. The monoisotopic (exact) mass is 646 g/mol. The van der Waals surface area contributed by atoms with Gasteiger partial charge in [0.1, 0.15) is 17.1 Å². The van der Waals surface area contributed by atoms with Gasteiger partial charge in [-0.15, -0.1) is 0 Å². The van der Waals surface area contributed by atoms with Crippen molar-refractivity contribution < 1.29 is 9.53 Å². The number of rotatable bonds is 12. The van der Waals surface area contributed by atoms with Gasteiger partial charge in [0, 0.05) is 60.9 Å². The van der Waals surface area contributed by atoms with Crippen molar-refractivity contribution in [1.82, 2.24) is 14.5 Å². The quantitative estimate of drug-likeness (QED) is 0.146. The number of anilines is 3. The van der Waals surface area contributed by atoms with Gasteiger partial charge in [0.2, 0.25) is 0 Å². The van der Waals surface area contributed by atoms with E-state index in [9.17, 15) is 4.79 Å². The highest BCUT2D eigenvalue weighted by Gasteiger charge is 2.33. The molecular formula is C39H46N6O3. The van der Waals surface area contributed by atoms with Crippen molar-refractivity contribution in [2.45, 2.75) is 72.4 Å². The molecule has 2 amide bonds. The first kappa shape index (κ1) is 34.2. The van der Waals surface area contributed by atoms with E-state index in [0.717, 1.165) is 46.2 Å². The second kappa shape index (κ2) is 14.7. The first-order valence-electron chi connectivity index (χ1n) is 16.6. The van der Waals surface area contributed by atoms with Gasteiger partial charge in [-0.2, -0.15) is 0 Å². The summed E-state index contributed by atoms with van der Waals surface area (Å²) in [7, 11) is 3.64. The fourth-order valence-electron chi connectivity index (χ4n) is 6.48. The second-order valence-corrected chi connectivity index (χ2v) is 12.8. The molecule has 250 valence electrons. The summed E-state index contributed by atoms with van der Waals surface area (Å²) in [6, 6.07) is 18.7. The van der Waals surface area contributed by atoms with Crippen LogP contribution < -0.4 is 25.8 Å². The minimum atomic E-state index is -0.739. The van der Waals surface area contributed by atoms with Crippen molar-refractivity contribution >= 4 is 34.1 Å². The van der Waals surface area contributed by atoms with Crippen LogP contribution in [-0.2, 0) is 13.1 Å². The zero-order valence-corrected chi connectivity index (χ0v) is 29.0. The largest absolute Gasteiger partial charge is 0.497 e. The fourth-order valence-corrected chi connectivity index (χ4v) is 6.48. The molecule has 9 heteroatoms. The van der Waals surface area contributed by atoms with Crippen molar-refractivity contribution in [3.63, 3.8) is 0 Å². The van der Waals surface area contributed by atoms with Gasteiger partial charge >= 0.3 is 6.03 Å². The van der Waals surface area contributed by atoms with Crippen LogP contribution in [0.3, 0.4) is 0 Å². The molecule has 0 fully saturated rings. The highest BCUT2D eigenvalue weighted by molar-refractivity contribution is 6.09. The molecule has 2 aromatic carbocycles. The molecule has 0 unspecified atom stereocenters. The molecule has 2 N–H and O–H groups in total. The number of urea groups is 1. The summed E-state index contributed by atoms with van der Waals surface area (Å²) in [5.74, 6) is 0.611. The number of aryl methyl sites for hydroxylation is 1. The number of primary amides is 1. The summed E-state index contributed by atoms with van der Waals surface area (Å²) in [6.07, 6.45) is 6.96. The van der Waals surface area contributed by atoms with Gasteiger partial charge in [-0.25, -0.2) is 9.78 Å². The van der Waals surface area contributed by atoms with E-state index in [-0.39, 0.29) is 23.1 Å². The van der Waals surface area contributed by atoms with Crippen LogP contribution in [0.4, 0.5) is 21.9 Å². The number of fused-ring (bicyclic) bond motifs is 1. The number of carbonyl (C=O) groups excluding carboxylic acids is 1. The maximum atomic E-state index is 15.0. The Morgan fingerprint density at radius 3 is 2.40 bits per heavy atom. The van der Waals surface area contributed by atoms with Gasteiger partial charge < -0.3 is 15.4 Å². The van der Waals surface area contributed by atoms with Crippen molar-refractivity contribution in [2.75, 3.05) is 24.0 Å². The second-order valence-electron chi connectivity index (χ2n) is 12.8. The standard InChI is InChI=1S/C39H46N6O3/c1-8-9-21-44-37-31(16-12-20-42-37)34(28-14-10-15-29(22-28)48-7)36(38(44)46)45(39(40)47)35-30(25(2)3)17-18-32(33(35)26(4)5)43(6)24-27-13-11-19-41-23-27/h10-20,22-23,25-26H,8-9,21,24H2,1-7H3,(H2,40,47). The van der Waals surface area contributed by atoms with E-state index in [1.807, 2.05) is 61.8 Å². The number of unbranched alkanes of at least 4 members (excludes halogenated alkanes) is 1. The average Bonchev–Trinajstić information content (AvgIpc) is 3.08. The lowest BCUT2D eigenvalue weighted by atomic mass is 9.89. The van der Waals surface area contributed by atoms with Crippen molar-refractivity contribution in [3.05, 3.63) is 106 Å². The predicted molar refractivity (Wildman–Crippen MR) is 196 cm³/mol. The number of nitrogens with two attached hydrogens (primary N) is 1. The highest BCUT2D eigenvalue weighted by atomic mass is 16.5. The van der Waals surface area contributed by atoms with Crippen molar-refractivity contribution in [1.29, 1.82) is 0 Å². The first-order valence-corrected chi connectivity index (χ1v) is 16.6. The molecule has 0 aliphatic heterocycles. The molecule has 48 heavy (non-hydrogen) atoms. The van der Waals surface area contributed by atoms with Crippen LogP contribution in [0.5, 0.6) is 5.75 Å². The fraction of sp³-hybridized carbons (Fsp3) is 0.333. The van der Waals surface area contributed by atoms with E-state index in [4.69, 9.17) is 15.5 Å². The van der Waals surface area contributed by atoms with E-state index in [2.05, 4.69) is 56.6 Å². The Labute approximate surface area is 283 Å². The Balaban J connectivity index is 1.92. The van der Waals surface area contributed by atoms with Gasteiger partial charge in [0.05, 0.1) is 12.8 Å². The summed E-state index contributed by atoms with van der Waals surface area (Å²) in [5.41, 5.74) is 12.6. The summed E-state index contributed by atoms with van der Waals surface area (Å²) in [6.45, 7) is 11.5. The zero-order valence-electron chi connectivity index (χ0n) is 29.0. The smallest absolute Gasteiger partial charge is 0.324 e. The molecule has 0 spiro atoms. The number of pyridine rings is 3. The third-order valence-corrected chi connectivity index (χ3v) is 8.74. The maximum Gasteiger partial charge on any atom is 0.324 e. The molecule has 0 saturated heterocycles. The molecule has 3 aromatic heterocycles. The number of methoxy groups -OCH3 is 1. The Bertz CT molecular complexity index is 1970. The molecular weight excluding hydrogens is 600 g/mol. The Morgan fingerprint density at radius 2 is 1.75 bits per heavy atom. The molecule has 5 aromatic rings. The maximum absolute atomic E-state index is 15.0. The molecule has 5 rings (SSSR count). The van der Waals surface area contributed by atoms with E-state index in [1.54, 1.807) is 24.1 Å². The molecule has 0 aliphatic rings. The van der Waals surface area contributed by atoms with Crippen LogP contribution in [-0.4, -0.2) is 34.7 Å². The van der Waals surface area contributed by atoms with Crippen LogP contribution in [0, 0.1) is 0 Å². The van der Waals surface area contributed by atoms with E-state index in [1.165, 1.54) is 4.90 Å². The predicted octanol–water partition coefficient (Wildman–Crippen LogP) is 8.37. The lowest BCUT2D eigenvalue weighted by Gasteiger charge is -2.34. The van der Waals surface area contributed by atoms with Crippen LogP contribution in [0.1, 0.15) is 76.0 Å². The number of amides is 2. The van der Waals surface area contributed by atoms with E-state index >= 15 is 4.79 Å². The Morgan fingerprint density at radius 1 is 0.979 bits per heavy atom. The number of ether oxygens (including phenoxy) is 1. The normalized spacial score (nSPS) is 11.4. The first-order chi connectivity index (χ1) is 23.1. The van der Waals surface area contributed by atoms with Crippen LogP contribution in [0.15, 0.2) is 84.0 Å². The molecule has 3 heterocycles. The summed E-state index contributed by atoms with van der Waals surface area (Å²) in [5, 5.41) is 0.741. The zero-order chi connectivity index (χ0) is 34.5. The van der Waals surface area contributed by atoms with Gasteiger partial charge in [0.25, 0.3) is 5.56 Å². The van der Waals surface area contributed by atoms with Crippen LogP contribution >= 0.6 is 0 Å².